The molecule has 8 heteroatoms. The van der Waals surface area contributed by atoms with E-state index < -0.39 is 20.0 Å². The van der Waals surface area contributed by atoms with Crippen LogP contribution in [0.25, 0.3) is 0 Å². The maximum absolute atomic E-state index is 12.6. The molecule has 2 aromatic rings. The molecule has 0 aliphatic heterocycles. The Balaban J connectivity index is 2.16. The van der Waals surface area contributed by atoms with Crippen molar-refractivity contribution in [3.63, 3.8) is 0 Å². The number of nitrogens with one attached hydrogen (secondary N) is 2. The first kappa shape index (κ1) is 22.5. The molecule has 0 radical (unpaired) electrons. The molecule has 0 fully saturated rings. The quantitative estimate of drug-likeness (QED) is 0.714. The van der Waals surface area contributed by atoms with Gasteiger partial charge in [-0.2, -0.15) is 0 Å². The average molecular weight is 425 g/mol. The molecule has 0 aliphatic carbocycles. The maximum Gasteiger partial charge on any atom is 0.240 e. The van der Waals surface area contributed by atoms with Crippen LogP contribution in [0, 0.1) is 0 Å². The van der Waals surface area contributed by atoms with Crippen LogP contribution in [0.5, 0.6) is 0 Å². The summed E-state index contributed by atoms with van der Waals surface area (Å²) in [4.78, 5) is 0.276. The van der Waals surface area contributed by atoms with Crippen LogP contribution in [0.15, 0.2) is 58.3 Å². The summed E-state index contributed by atoms with van der Waals surface area (Å²) in [5.74, 6) is 0. The predicted molar refractivity (Wildman–Crippen MR) is 111 cm³/mol. The number of rotatable bonds is 7. The van der Waals surface area contributed by atoms with Gasteiger partial charge in [0.15, 0.2) is 0 Å². The van der Waals surface area contributed by atoms with E-state index in [1.807, 2.05) is 0 Å². The Kier molecular flexibility index (Phi) is 6.70. The van der Waals surface area contributed by atoms with Gasteiger partial charge in [-0.05, 0) is 54.7 Å². The molecule has 0 amide bonds. The van der Waals surface area contributed by atoms with Gasteiger partial charge in [-0.15, -0.1) is 0 Å². The third-order valence-electron chi connectivity index (χ3n) is 4.10. The Morgan fingerprint density at radius 3 is 2.00 bits per heavy atom. The van der Waals surface area contributed by atoms with E-state index in [2.05, 4.69) is 30.2 Å². The smallest absolute Gasteiger partial charge is 0.209 e. The van der Waals surface area contributed by atoms with Gasteiger partial charge in [-0.3, -0.25) is 0 Å². The van der Waals surface area contributed by atoms with E-state index in [0.29, 0.717) is 5.56 Å². The first-order chi connectivity index (χ1) is 12.8. The van der Waals surface area contributed by atoms with Gasteiger partial charge in [0.2, 0.25) is 20.0 Å². The molecule has 0 saturated carbocycles. The van der Waals surface area contributed by atoms with Crippen LogP contribution < -0.4 is 9.44 Å². The highest BCUT2D eigenvalue weighted by atomic mass is 32.2. The van der Waals surface area contributed by atoms with E-state index in [1.165, 1.54) is 12.1 Å². The van der Waals surface area contributed by atoms with Crippen LogP contribution in [-0.2, 0) is 32.0 Å². The lowest BCUT2D eigenvalue weighted by Gasteiger charge is -2.19. The lowest BCUT2D eigenvalue weighted by Crippen LogP contribution is -2.30. The lowest BCUT2D eigenvalue weighted by molar-refractivity contribution is 0.569. The molecule has 2 aromatic carbocycles. The molecule has 2 N–H and O–H groups in total. The topological polar surface area (TPSA) is 92.3 Å². The molecular weight excluding hydrogens is 396 g/mol. The van der Waals surface area contributed by atoms with Crippen molar-refractivity contribution in [2.45, 2.75) is 62.4 Å². The number of benzene rings is 2. The number of hydrogen-bond donors (Lipinski definition) is 2. The Labute approximate surface area is 168 Å². The van der Waals surface area contributed by atoms with E-state index in [4.69, 9.17) is 0 Å². The second-order valence-electron chi connectivity index (χ2n) is 8.02. The van der Waals surface area contributed by atoms with Gasteiger partial charge in [-0.1, -0.05) is 45.0 Å². The van der Waals surface area contributed by atoms with Gasteiger partial charge in [0.1, 0.15) is 0 Å². The summed E-state index contributed by atoms with van der Waals surface area (Å²) in [7, 11) is -7.34. The predicted octanol–water partition coefficient (Wildman–Crippen LogP) is 3.15. The Morgan fingerprint density at radius 1 is 0.857 bits per heavy atom. The molecule has 0 aliphatic rings. The van der Waals surface area contributed by atoms with E-state index in [9.17, 15) is 16.8 Å². The fourth-order valence-corrected chi connectivity index (χ4v) is 4.94. The first-order valence-electron chi connectivity index (χ1n) is 9.03. The minimum atomic E-state index is -3.70. The highest BCUT2D eigenvalue weighted by Gasteiger charge is 2.19. The largest absolute Gasteiger partial charge is 0.240 e. The van der Waals surface area contributed by atoms with Crippen molar-refractivity contribution in [3.05, 3.63) is 59.7 Å². The van der Waals surface area contributed by atoms with Crippen LogP contribution >= 0.6 is 0 Å². The highest BCUT2D eigenvalue weighted by molar-refractivity contribution is 7.89. The fourth-order valence-electron chi connectivity index (χ4n) is 2.60. The van der Waals surface area contributed by atoms with Crippen LogP contribution in [0.4, 0.5) is 0 Å². The van der Waals surface area contributed by atoms with Crippen molar-refractivity contribution < 1.29 is 16.8 Å². The van der Waals surface area contributed by atoms with Crippen molar-refractivity contribution in [3.8, 4) is 0 Å². The summed E-state index contributed by atoms with van der Waals surface area (Å²) in [5, 5.41) is 0. The summed E-state index contributed by atoms with van der Waals surface area (Å²) in [6.45, 7) is 9.65. The second-order valence-corrected chi connectivity index (χ2v) is 11.5. The van der Waals surface area contributed by atoms with Crippen LogP contribution in [0.1, 0.15) is 45.7 Å². The number of hydrogen-bond acceptors (Lipinski definition) is 4. The molecule has 0 spiro atoms. The Morgan fingerprint density at radius 2 is 1.46 bits per heavy atom. The molecule has 0 bridgehead atoms. The highest BCUT2D eigenvalue weighted by Crippen LogP contribution is 2.23. The molecule has 6 nitrogen and oxygen atoms in total. The zero-order chi connectivity index (χ0) is 21.2. The molecule has 154 valence electrons. The van der Waals surface area contributed by atoms with Gasteiger partial charge < -0.3 is 0 Å². The molecule has 0 saturated heterocycles. The van der Waals surface area contributed by atoms with E-state index in [-0.39, 0.29) is 27.8 Å². The second kappa shape index (κ2) is 8.32. The normalized spacial score (nSPS) is 13.1. The zero-order valence-corrected chi connectivity index (χ0v) is 18.5. The molecule has 0 unspecified atom stereocenters. The molecule has 28 heavy (non-hydrogen) atoms. The standard InChI is InChI=1S/C20H28N2O4S2/c1-15(2)22-28(25,26)19-8-6-7-16(13-19)14-21-27(23,24)18-11-9-17(10-12-18)20(3,4)5/h6-13,15,21-22H,14H2,1-5H3. The van der Waals surface area contributed by atoms with Gasteiger partial charge in [-0.25, -0.2) is 26.3 Å². The fraction of sp³-hybridized carbons (Fsp3) is 0.400. The molecule has 0 heterocycles. The van der Waals surface area contributed by atoms with Gasteiger partial charge in [0, 0.05) is 12.6 Å². The zero-order valence-electron chi connectivity index (χ0n) is 16.9. The summed E-state index contributed by atoms with van der Waals surface area (Å²) in [6.07, 6.45) is 0. The van der Waals surface area contributed by atoms with Crippen LogP contribution in [0.2, 0.25) is 0 Å². The molecular formula is C20H28N2O4S2. The monoisotopic (exact) mass is 424 g/mol. The average Bonchev–Trinajstić information content (AvgIpc) is 2.59. The lowest BCUT2D eigenvalue weighted by atomic mass is 9.87. The van der Waals surface area contributed by atoms with Crippen molar-refractivity contribution in [1.29, 1.82) is 0 Å². The van der Waals surface area contributed by atoms with Crippen molar-refractivity contribution in [2.75, 3.05) is 0 Å². The van der Waals surface area contributed by atoms with Gasteiger partial charge in [0.25, 0.3) is 0 Å². The molecule has 0 aromatic heterocycles. The first-order valence-corrected chi connectivity index (χ1v) is 12.0. The summed E-state index contributed by atoms with van der Waals surface area (Å²) in [6, 6.07) is 12.8. The Hall–Kier alpha value is -1.74. The van der Waals surface area contributed by atoms with Crippen molar-refractivity contribution >= 4 is 20.0 Å². The molecule has 0 atom stereocenters. The summed E-state index contributed by atoms with van der Waals surface area (Å²) < 4.78 is 54.7. The van der Waals surface area contributed by atoms with E-state index in [0.717, 1.165) is 5.56 Å². The Bertz CT molecular complexity index is 1020. The minimum Gasteiger partial charge on any atom is -0.209 e. The van der Waals surface area contributed by atoms with Crippen LogP contribution in [0.3, 0.4) is 0 Å². The van der Waals surface area contributed by atoms with Crippen molar-refractivity contribution in [2.24, 2.45) is 0 Å². The summed E-state index contributed by atoms with van der Waals surface area (Å²) in [5.41, 5.74) is 1.54. The summed E-state index contributed by atoms with van der Waals surface area (Å²) >= 11 is 0. The SMILES string of the molecule is CC(C)NS(=O)(=O)c1cccc(CNS(=O)(=O)c2ccc(C(C)(C)C)cc2)c1. The number of sulfonamides is 2. The van der Waals surface area contributed by atoms with E-state index >= 15 is 0 Å². The van der Waals surface area contributed by atoms with E-state index in [1.54, 1.807) is 50.2 Å². The molecule has 2 rings (SSSR count). The maximum atomic E-state index is 12.6. The third-order valence-corrected chi connectivity index (χ3v) is 7.17. The third kappa shape index (κ3) is 5.88. The van der Waals surface area contributed by atoms with Gasteiger partial charge >= 0.3 is 0 Å². The van der Waals surface area contributed by atoms with Crippen molar-refractivity contribution in [1.82, 2.24) is 9.44 Å². The van der Waals surface area contributed by atoms with Gasteiger partial charge in [0.05, 0.1) is 9.79 Å². The van der Waals surface area contributed by atoms with Crippen LogP contribution in [-0.4, -0.2) is 22.9 Å². The minimum absolute atomic E-state index is 0.00556.